The molecule has 0 saturated heterocycles. The van der Waals surface area contributed by atoms with Crippen molar-refractivity contribution in [1.82, 2.24) is 0 Å². The van der Waals surface area contributed by atoms with E-state index in [1.807, 2.05) is 6.92 Å². The Morgan fingerprint density at radius 3 is 1.82 bits per heavy atom. The molecule has 4 heteroatoms. The van der Waals surface area contributed by atoms with Crippen LogP contribution >= 0.6 is 0 Å². The van der Waals surface area contributed by atoms with Crippen molar-refractivity contribution in [3.05, 3.63) is 80.9 Å². The Hall–Kier alpha value is -3.14. The van der Waals surface area contributed by atoms with E-state index in [1.54, 1.807) is 0 Å². The summed E-state index contributed by atoms with van der Waals surface area (Å²) in [6.45, 7) is 16.7. The van der Waals surface area contributed by atoms with Crippen LogP contribution in [0.5, 0.6) is 11.5 Å². The van der Waals surface area contributed by atoms with Crippen LogP contribution in [-0.4, -0.2) is 22.8 Å². The third kappa shape index (κ3) is 2.88. The van der Waals surface area contributed by atoms with Crippen molar-refractivity contribution >= 4 is 11.6 Å². The molecule has 0 aromatic heterocycles. The van der Waals surface area contributed by atoms with Crippen LogP contribution in [0.25, 0.3) is 0 Å². The Morgan fingerprint density at radius 1 is 0.725 bits per heavy atom. The van der Waals surface area contributed by atoms with Crippen LogP contribution < -0.4 is 9.47 Å². The van der Waals surface area contributed by atoms with Gasteiger partial charge in [0, 0.05) is 17.3 Å². The van der Waals surface area contributed by atoms with Gasteiger partial charge in [0.05, 0.1) is 5.41 Å². The van der Waals surface area contributed by atoms with Crippen LogP contribution in [0.4, 0.5) is 0 Å². The zero-order valence-corrected chi connectivity index (χ0v) is 25.1. The molecule has 6 unspecified atom stereocenters. The van der Waals surface area contributed by atoms with Gasteiger partial charge >= 0.3 is 0 Å². The standard InChI is InChI=1S/C36H40O4/c1-19-13-21(3)28-25(15-19)9-11-35(39-28)27-23(5)17-34(8,32(35)38)33(7)18-24(6)31(37)36(30(27)33)12-10-26-16-20(2)14-22(4)29(26)40-36/h13-18,27,30H,9-12H2,1-8H3. The molecule has 2 bridgehead atoms. The number of hydrogen-bond acceptors (Lipinski definition) is 4. The van der Waals surface area contributed by atoms with Gasteiger partial charge < -0.3 is 9.47 Å². The summed E-state index contributed by atoms with van der Waals surface area (Å²) in [6.07, 6.45) is 7.08. The number of ether oxygens (including phenoxy) is 2. The van der Waals surface area contributed by atoms with Gasteiger partial charge in [0.15, 0.2) is 17.0 Å². The maximum atomic E-state index is 14.9. The van der Waals surface area contributed by atoms with Crippen LogP contribution in [0.3, 0.4) is 0 Å². The first kappa shape index (κ1) is 25.8. The predicted octanol–water partition coefficient (Wildman–Crippen LogP) is 7.06. The Balaban J connectivity index is 1.47. The second-order valence-electron chi connectivity index (χ2n) is 13.9. The number of hydrogen-bond donors (Lipinski definition) is 0. The minimum Gasteiger partial charge on any atom is -0.478 e. The SMILES string of the molecule is CC1=CC2(C)C(C3C(C)=CC2(C)C(=O)C32CCc3cc(C)cc(C)c3O2)C2(CCc3cc(C)cc(C)c3O2)C1=O. The molecule has 6 atom stereocenters. The van der Waals surface area contributed by atoms with Crippen LogP contribution in [0.2, 0.25) is 0 Å². The minimum absolute atomic E-state index is 0.0650. The van der Waals surface area contributed by atoms with Crippen molar-refractivity contribution in [2.24, 2.45) is 22.7 Å². The molecule has 1 saturated carbocycles. The van der Waals surface area contributed by atoms with Gasteiger partial charge in [-0.15, -0.1) is 0 Å². The summed E-state index contributed by atoms with van der Waals surface area (Å²) in [5, 5.41) is 0. The molecule has 1 fully saturated rings. The van der Waals surface area contributed by atoms with Crippen LogP contribution in [-0.2, 0) is 22.4 Å². The predicted molar refractivity (Wildman–Crippen MR) is 156 cm³/mol. The lowest BCUT2D eigenvalue weighted by Crippen LogP contribution is -2.78. The van der Waals surface area contributed by atoms with Gasteiger partial charge in [-0.3, -0.25) is 9.59 Å². The first-order valence-electron chi connectivity index (χ1n) is 14.8. The van der Waals surface area contributed by atoms with Gasteiger partial charge in [-0.25, -0.2) is 0 Å². The monoisotopic (exact) mass is 536 g/mol. The van der Waals surface area contributed by atoms with Gasteiger partial charge in [0.25, 0.3) is 0 Å². The van der Waals surface area contributed by atoms with E-state index >= 15 is 0 Å². The van der Waals surface area contributed by atoms with Gasteiger partial charge in [0.1, 0.15) is 11.5 Å². The van der Waals surface area contributed by atoms with E-state index in [4.69, 9.17) is 9.47 Å². The summed E-state index contributed by atoms with van der Waals surface area (Å²) < 4.78 is 14.2. The maximum absolute atomic E-state index is 14.9. The van der Waals surface area contributed by atoms with Crippen LogP contribution in [0, 0.1) is 50.4 Å². The van der Waals surface area contributed by atoms with E-state index < -0.39 is 22.0 Å². The third-order valence-electron chi connectivity index (χ3n) is 11.3. The first-order valence-corrected chi connectivity index (χ1v) is 14.8. The number of ketones is 2. The Labute approximate surface area is 237 Å². The number of allylic oxidation sites excluding steroid dienone is 2. The normalized spacial score (nSPS) is 37.3. The molecule has 8 rings (SSSR count). The molecular formula is C36H40O4. The van der Waals surface area contributed by atoms with Crippen LogP contribution in [0.15, 0.2) is 47.6 Å². The Bertz CT molecular complexity index is 1610. The van der Waals surface area contributed by atoms with Gasteiger partial charge in [-0.2, -0.15) is 0 Å². The van der Waals surface area contributed by atoms with E-state index in [2.05, 4.69) is 84.9 Å². The van der Waals surface area contributed by atoms with E-state index in [-0.39, 0.29) is 23.4 Å². The summed E-state index contributed by atoms with van der Waals surface area (Å²) in [4.78, 5) is 29.4. The van der Waals surface area contributed by atoms with E-state index in [9.17, 15) is 9.59 Å². The molecule has 2 spiro atoms. The van der Waals surface area contributed by atoms with Crippen molar-refractivity contribution in [2.75, 3.05) is 0 Å². The highest BCUT2D eigenvalue weighted by atomic mass is 16.5. The van der Waals surface area contributed by atoms with Crippen LogP contribution in [0.1, 0.15) is 73.9 Å². The molecule has 6 aliphatic rings. The lowest BCUT2D eigenvalue weighted by molar-refractivity contribution is -0.205. The zero-order chi connectivity index (χ0) is 28.6. The van der Waals surface area contributed by atoms with Gasteiger partial charge in [0.2, 0.25) is 5.78 Å². The fraction of sp³-hybridized carbons (Fsp3) is 0.500. The van der Waals surface area contributed by atoms with Crippen molar-refractivity contribution < 1.29 is 19.1 Å². The largest absolute Gasteiger partial charge is 0.478 e. The lowest BCUT2D eigenvalue weighted by atomic mass is 9.35. The third-order valence-corrected chi connectivity index (χ3v) is 11.3. The summed E-state index contributed by atoms with van der Waals surface area (Å²) in [5.74, 6) is 1.41. The number of carbonyl (C=O) groups excluding carboxylic acids is 2. The molecule has 4 aliphatic carbocycles. The highest BCUT2D eigenvalue weighted by molar-refractivity contribution is 6.06. The van der Waals surface area contributed by atoms with Crippen molar-refractivity contribution in [1.29, 1.82) is 0 Å². The smallest absolute Gasteiger partial charge is 0.202 e. The van der Waals surface area contributed by atoms with Crippen molar-refractivity contribution in [3.63, 3.8) is 0 Å². The molecule has 2 aliphatic heterocycles. The second kappa shape index (κ2) is 7.78. The number of benzene rings is 2. The summed E-state index contributed by atoms with van der Waals surface area (Å²) in [5.41, 5.74) is 5.25. The molecule has 2 heterocycles. The Morgan fingerprint density at radius 2 is 1.25 bits per heavy atom. The number of aryl methyl sites for hydroxylation is 6. The minimum atomic E-state index is -1.05. The molecule has 2 aromatic carbocycles. The topological polar surface area (TPSA) is 52.6 Å². The first-order chi connectivity index (χ1) is 18.8. The molecule has 0 N–H and O–H groups in total. The van der Waals surface area contributed by atoms with E-state index in [0.717, 1.165) is 41.0 Å². The highest BCUT2D eigenvalue weighted by Gasteiger charge is 2.78. The summed E-state index contributed by atoms with van der Waals surface area (Å²) >= 11 is 0. The number of carbonyl (C=O) groups is 2. The molecule has 0 amide bonds. The zero-order valence-electron chi connectivity index (χ0n) is 25.1. The maximum Gasteiger partial charge on any atom is 0.202 e. The summed E-state index contributed by atoms with van der Waals surface area (Å²) in [6, 6.07) is 8.67. The van der Waals surface area contributed by atoms with Gasteiger partial charge in [-0.1, -0.05) is 60.0 Å². The molecule has 208 valence electrons. The van der Waals surface area contributed by atoms with Crippen molar-refractivity contribution in [3.8, 4) is 11.5 Å². The summed E-state index contributed by atoms with van der Waals surface area (Å²) in [7, 11) is 0. The van der Waals surface area contributed by atoms with E-state index in [1.165, 1.54) is 22.3 Å². The number of fused-ring (bicyclic) bond motifs is 2. The molecule has 40 heavy (non-hydrogen) atoms. The fourth-order valence-electron chi connectivity index (χ4n) is 9.76. The number of rotatable bonds is 0. The van der Waals surface area contributed by atoms with E-state index in [0.29, 0.717) is 18.4 Å². The molecule has 2 aromatic rings. The number of Topliss-reactive ketones (excluding diaryl/α,β-unsaturated/α-hetero) is 2. The Kier molecular flexibility index (Phi) is 5.02. The average Bonchev–Trinajstić information content (AvgIpc) is 2.88. The lowest BCUT2D eigenvalue weighted by Gasteiger charge is -2.69. The fourth-order valence-corrected chi connectivity index (χ4v) is 9.76. The van der Waals surface area contributed by atoms with Gasteiger partial charge in [-0.05, 0) is 102 Å². The molecule has 4 nitrogen and oxygen atoms in total. The molecular weight excluding hydrogens is 496 g/mol. The highest BCUT2D eigenvalue weighted by Crippen LogP contribution is 2.71. The average molecular weight is 537 g/mol. The quantitative estimate of drug-likeness (QED) is 0.338. The molecule has 0 radical (unpaired) electrons. The van der Waals surface area contributed by atoms with Crippen molar-refractivity contribution in [2.45, 2.75) is 92.3 Å². The second-order valence-corrected chi connectivity index (χ2v) is 13.9.